The largest absolute Gasteiger partial charge is 0.355 e. The second kappa shape index (κ2) is 7.05. The van der Waals surface area contributed by atoms with E-state index in [1.54, 1.807) is 6.20 Å². The van der Waals surface area contributed by atoms with Crippen molar-refractivity contribution in [2.45, 2.75) is 32.6 Å². The van der Waals surface area contributed by atoms with Gasteiger partial charge in [-0.2, -0.15) is 10.1 Å². The van der Waals surface area contributed by atoms with E-state index in [1.165, 1.54) is 31.2 Å². The van der Waals surface area contributed by atoms with Crippen LogP contribution in [0.4, 0.5) is 17.5 Å². The molecule has 1 fully saturated rings. The van der Waals surface area contributed by atoms with Crippen LogP contribution in [0.2, 0.25) is 0 Å². The van der Waals surface area contributed by atoms with E-state index in [9.17, 15) is 0 Å². The molecule has 0 bridgehead atoms. The van der Waals surface area contributed by atoms with Crippen molar-refractivity contribution in [3.63, 3.8) is 0 Å². The summed E-state index contributed by atoms with van der Waals surface area (Å²) in [5.41, 5.74) is 2.14. The molecule has 0 saturated carbocycles. The van der Waals surface area contributed by atoms with E-state index in [4.69, 9.17) is 0 Å². The number of hydrogen-bond donors (Lipinski definition) is 1. The highest BCUT2D eigenvalue weighted by molar-refractivity contribution is 9.10. The Bertz CT molecular complexity index is 638. The Morgan fingerprint density at radius 3 is 2.64 bits per heavy atom. The predicted octanol–water partition coefficient (Wildman–Crippen LogP) is 4.07. The highest BCUT2D eigenvalue weighted by Gasteiger charge is 2.12. The molecular formula is C16H20BrN5. The first-order valence-electron chi connectivity index (χ1n) is 7.70. The molecule has 0 aliphatic carbocycles. The van der Waals surface area contributed by atoms with Gasteiger partial charge in [-0.25, -0.2) is 0 Å². The molecule has 0 amide bonds. The molecule has 0 radical (unpaired) electrons. The molecule has 1 aliphatic heterocycles. The van der Waals surface area contributed by atoms with Crippen molar-refractivity contribution in [2.75, 3.05) is 23.3 Å². The van der Waals surface area contributed by atoms with Gasteiger partial charge in [0.2, 0.25) is 5.95 Å². The molecule has 0 spiro atoms. The molecule has 2 heterocycles. The summed E-state index contributed by atoms with van der Waals surface area (Å²) in [6.07, 6.45) is 6.80. The summed E-state index contributed by atoms with van der Waals surface area (Å²) >= 11 is 3.51. The van der Waals surface area contributed by atoms with Crippen molar-refractivity contribution in [2.24, 2.45) is 0 Å². The van der Waals surface area contributed by atoms with Crippen LogP contribution in [0, 0.1) is 6.92 Å². The average Bonchev–Trinajstić information content (AvgIpc) is 2.80. The third-order valence-electron chi connectivity index (χ3n) is 3.89. The van der Waals surface area contributed by atoms with Gasteiger partial charge < -0.3 is 10.2 Å². The molecular weight excluding hydrogens is 342 g/mol. The van der Waals surface area contributed by atoms with Crippen LogP contribution >= 0.6 is 15.9 Å². The van der Waals surface area contributed by atoms with Crippen LogP contribution in [0.1, 0.15) is 31.2 Å². The van der Waals surface area contributed by atoms with Gasteiger partial charge in [-0.1, -0.05) is 28.8 Å². The van der Waals surface area contributed by atoms with Crippen molar-refractivity contribution < 1.29 is 0 Å². The first-order valence-corrected chi connectivity index (χ1v) is 8.49. The lowest BCUT2D eigenvalue weighted by atomic mass is 10.2. The Morgan fingerprint density at radius 2 is 1.91 bits per heavy atom. The fraction of sp³-hybridized carbons (Fsp3) is 0.438. The summed E-state index contributed by atoms with van der Waals surface area (Å²) < 4.78 is 1.09. The highest BCUT2D eigenvalue weighted by Crippen LogP contribution is 2.23. The molecule has 1 saturated heterocycles. The normalized spacial score (nSPS) is 15.5. The third-order valence-corrected chi connectivity index (χ3v) is 4.78. The van der Waals surface area contributed by atoms with Crippen molar-refractivity contribution >= 4 is 33.4 Å². The van der Waals surface area contributed by atoms with E-state index >= 15 is 0 Å². The quantitative estimate of drug-likeness (QED) is 0.892. The molecule has 6 heteroatoms. The standard InChI is InChI=1S/C16H20BrN5/c1-12-10-13(6-7-14(12)17)19-16-20-15(11-18-21-16)22-8-4-2-3-5-9-22/h6-7,10-11H,2-5,8-9H2,1H3,(H,19,20,21). The van der Waals surface area contributed by atoms with Crippen molar-refractivity contribution in [1.82, 2.24) is 15.2 Å². The predicted molar refractivity (Wildman–Crippen MR) is 92.7 cm³/mol. The number of rotatable bonds is 3. The van der Waals surface area contributed by atoms with E-state index in [0.29, 0.717) is 5.95 Å². The fourth-order valence-corrected chi connectivity index (χ4v) is 2.90. The van der Waals surface area contributed by atoms with Gasteiger partial charge >= 0.3 is 0 Å². The monoisotopic (exact) mass is 361 g/mol. The minimum Gasteiger partial charge on any atom is -0.355 e. The van der Waals surface area contributed by atoms with Gasteiger partial charge in [0.1, 0.15) is 0 Å². The van der Waals surface area contributed by atoms with Gasteiger partial charge in [0.15, 0.2) is 5.82 Å². The first kappa shape index (κ1) is 15.2. The molecule has 5 nitrogen and oxygen atoms in total. The molecule has 0 atom stereocenters. The zero-order valence-electron chi connectivity index (χ0n) is 12.7. The van der Waals surface area contributed by atoms with E-state index < -0.39 is 0 Å². The summed E-state index contributed by atoms with van der Waals surface area (Å²) in [5.74, 6) is 1.46. The van der Waals surface area contributed by atoms with Crippen LogP contribution in [0.5, 0.6) is 0 Å². The summed E-state index contributed by atoms with van der Waals surface area (Å²) in [7, 11) is 0. The number of aromatic nitrogens is 3. The van der Waals surface area contributed by atoms with Gasteiger partial charge in [0, 0.05) is 23.2 Å². The topological polar surface area (TPSA) is 53.9 Å². The number of aryl methyl sites for hydroxylation is 1. The summed E-state index contributed by atoms with van der Waals surface area (Å²) in [5, 5.41) is 11.4. The minimum atomic E-state index is 0.545. The Labute approximate surface area is 139 Å². The number of nitrogens with zero attached hydrogens (tertiary/aromatic N) is 4. The zero-order valence-corrected chi connectivity index (χ0v) is 14.3. The van der Waals surface area contributed by atoms with Crippen LogP contribution in [-0.2, 0) is 0 Å². The van der Waals surface area contributed by atoms with E-state index in [1.807, 2.05) is 12.1 Å². The van der Waals surface area contributed by atoms with E-state index in [0.717, 1.165) is 29.1 Å². The maximum atomic E-state index is 4.61. The second-order valence-corrected chi connectivity index (χ2v) is 6.48. The van der Waals surface area contributed by atoms with Gasteiger partial charge in [-0.3, -0.25) is 0 Å². The maximum absolute atomic E-state index is 4.61. The second-order valence-electron chi connectivity index (χ2n) is 5.63. The SMILES string of the molecule is Cc1cc(Nc2nncc(N3CCCCCC3)n2)ccc1Br. The third kappa shape index (κ3) is 3.74. The summed E-state index contributed by atoms with van der Waals surface area (Å²) in [6.45, 7) is 4.16. The Hall–Kier alpha value is -1.69. The van der Waals surface area contributed by atoms with Gasteiger partial charge in [-0.15, -0.1) is 5.10 Å². The fourth-order valence-electron chi connectivity index (χ4n) is 2.65. The van der Waals surface area contributed by atoms with Gasteiger partial charge in [0.25, 0.3) is 0 Å². The Morgan fingerprint density at radius 1 is 1.14 bits per heavy atom. The van der Waals surface area contributed by atoms with Crippen molar-refractivity contribution in [3.8, 4) is 0 Å². The highest BCUT2D eigenvalue weighted by atomic mass is 79.9. The summed E-state index contributed by atoms with van der Waals surface area (Å²) in [6, 6.07) is 6.08. The lowest BCUT2D eigenvalue weighted by Gasteiger charge is -2.21. The molecule has 1 aliphatic rings. The molecule has 116 valence electrons. The summed E-state index contributed by atoms with van der Waals surface area (Å²) in [4.78, 5) is 6.92. The number of benzene rings is 1. The number of hydrogen-bond acceptors (Lipinski definition) is 5. The van der Waals surface area contributed by atoms with Crippen molar-refractivity contribution in [1.29, 1.82) is 0 Å². The molecule has 1 N–H and O–H groups in total. The van der Waals surface area contributed by atoms with E-state index in [-0.39, 0.29) is 0 Å². The Kier molecular flexibility index (Phi) is 4.87. The van der Waals surface area contributed by atoms with Crippen LogP contribution in [-0.4, -0.2) is 28.3 Å². The molecule has 0 unspecified atom stereocenters. The van der Waals surface area contributed by atoms with Gasteiger partial charge in [-0.05, 0) is 43.5 Å². The molecule has 3 rings (SSSR count). The van der Waals surface area contributed by atoms with Crippen molar-refractivity contribution in [3.05, 3.63) is 34.4 Å². The molecule has 1 aromatic carbocycles. The lowest BCUT2D eigenvalue weighted by molar-refractivity contribution is 0.726. The smallest absolute Gasteiger partial charge is 0.249 e. The van der Waals surface area contributed by atoms with Crippen LogP contribution in [0.25, 0.3) is 0 Å². The zero-order chi connectivity index (χ0) is 15.4. The van der Waals surface area contributed by atoms with Crippen LogP contribution in [0.15, 0.2) is 28.9 Å². The van der Waals surface area contributed by atoms with Crippen LogP contribution < -0.4 is 10.2 Å². The maximum Gasteiger partial charge on any atom is 0.249 e. The van der Waals surface area contributed by atoms with E-state index in [2.05, 4.69) is 54.3 Å². The average molecular weight is 362 g/mol. The minimum absolute atomic E-state index is 0.545. The number of anilines is 3. The van der Waals surface area contributed by atoms with Gasteiger partial charge in [0.05, 0.1) is 6.20 Å². The Balaban J connectivity index is 1.76. The molecule has 2 aromatic rings. The first-order chi connectivity index (χ1) is 10.7. The number of nitrogens with one attached hydrogen (secondary N) is 1. The molecule has 22 heavy (non-hydrogen) atoms. The molecule has 1 aromatic heterocycles. The lowest BCUT2D eigenvalue weighted by Crippen LogP contribution is -2.25. The number of halogens is 1. The van der Waals surface area contributed by atoms with Crippen LogP contribution in [0.3, 0.4) is 0 Å².